The van der Waals surface area contributed by atoms with Crippen LogP contribution in [0.3, 0.4) is 0 Å². The molecule has 6 unspecified atom stereocenters. The van der Waals surface area contributed by atoms with Crippen LogP contribution in [0.5, 0.6) is 0 Å². The van der Waals surface area contributed by atoms with E-state index in [1.807, 2.05) is 6.08 Å². The Labute approximate surface area is 171 Å². The molecule has 0 radical (unpaired) electrons. The van der Waals surface area contributed by atoms with Crippen molar-refractivity contribution < 1.29 is 9.90 Å². The SMILES string of the molecule is CC(/C=C/[C@@H](C)C(C)C)C1CCC2=C3C(=O)C=C4CC(O)CCC4C3CCC21. The maximum Gasteiger partial charge on any atom is 0.182 e. The maximum absolute atomic E-state index is 13.1. The van der Waals surface area contributed by atoms with E-state index >= 15 is 0 Å². The molecule has 4 rings (SSSR count). The number of allylic oxidation sites excluding steroid dienone is 5. The predicted molar refractivity (Wildman–Crippen MR) is 115 cm³/mol. The first-order chi connectivity index (χ1) is 13.4. The normalized spacial score (nSPS) is 37.6. The molecule has 2 saturated carbocycles. The van der Waals surface area contributed by atoms with Crippen molar-refractivity contribution >= 4 is 5.78 Å². The van der Waals surface area contributed by atoms with Crippen LogP contribution in [0.15, 0.2) is 34.9 Å². The lowest BCUT2D eigenvalue weighted by Gasteiger charge is -2.43. The minimum absolute atomic E-state index is 0.238. The Morgan fingerprint density at radius 3 is 2.43 bits per heavy atom. The number of aliphatic hydroxyl groups excluding tert-OH is 1. The van der Waals surface area contributed by atoms with Gasteiger partial charge in [0.05, 0.1) is 6.10 Å². The first-order valence-corrected chi connectivity index (χ1v) is 11.7. The molecular formula is C26H38O2. The van der Waals surface area contributed by atoms with Gasteiger partial charge in [0.25, 0.3) is 0 Å². The molecule has 0 aromatic heterocycles. The average Bonchev–Trinajstić information content (AvgIpc) is 3.09. The summed E-state index contributed by atoms with van der Waals surface area (Å²) in [5.74, 6) is 4.47. The number of fused-ring (bicyclic) bond motifs is 4. The number of hydrogen-bond donors (Lipinski definition) is 1. The zero-order valence-electron chi connectivity index (χ0n) is 18.2. The van der Waals surface area contributed by atoms with Crippen molar-refractivity contribution in [2.24, 2.45) is 41.4 Å². The molecule has 0 aliphatic heterocycles. The molecule has 2 fully saturated rings. The van der Waals surface area contributed by atoms with Crippen molar-refractivity contribution in [2.45, 2.75) is 78.7 Å². The quantitative estimate of drug-likeness (QED) is 0.617. The van der Waals surface area contributed by atoms with Gasteiger partial charge < -0.3 is 5.11 Å². The zero-order chi connectivity index (χ0) is 20.0. The lowest BCUT2D eigenvalue weighted by molar-refractivity contribution is -0.112. The second-order valence-corrected chi connectivity index (χ2v) is 10.4. The summed E-state index contributed by atoms with van der Waals surface area (Å²) in [7, 11) is 0. The van der Waals surface area contributed by atoms with Crippen molar-refractivity contribution in [3.63, 3.8) is 0 Å². The Balaban J connectivity index is 1.56. The molecule has 0 heterocycles. The maximum atomic E-state index is 13.1. The van der Waals surface area contributed by atoms with E-state index in [4.69, 9.17) is 0 Å². The summed E-state index contributed by atoms with van der Waals surface area (Å²) in [5.41, 5.74) is 3.96. The highest BCUT2D eigenvalue weighted by atomic mass is 16.3. The summed E-state index contributed by atoms with van der Waals surface area (Å²) in [6.45, 7) is 9.28. The van der Waals surface area contributed by atoms with E-state index in [2.05, 4.69) is 39.8 Å². The highest BCUT2D eigenvalue weighted by Crippen LogP contribution is 2.55. The molecule has 4 aliphatic rings. The lowest BCUT2D eigenvalue weighted by Crippen LogP contribution is -2.37. The van der Waals surface area contributed by atoms with Gasteiger partial charge in [-0.15, -0.1) is 0 Å². The van der Waals surface area contributed by atoms with E-state index in [9.17, 15) is 9.90 Å². The Morgan fingerprint density at radius 2 is 1.68 bits per heavy atom. The fraction of sp³-hybridized carbons (Fsp3) is 0.731. The molecule has 0 aromatic carbocycles. The Hall–Kier alpha value is -1.15. The average molecular weight is 383 g/mol. The van der Waals surface area contributed by atoms with Crippen molar-refractivity contribution in [3.05, 3.63) is 34.9 Å². The number of carbonyl (C=O) groups excluding carboxylic acids is 1. The molecule has 0 spiro atoms. The molecule has 7 atom stereocenters. The number of rotatable bonds is 4. The van der Waals surface area contributed by atoms with Crippen LogP contribution >= 0.6 is 0 Å². The second-order valence-electron chi connectivity index (χ2n) is 10.4. The Kier molecular flexibility index (Phi) is 5.71. The molecule has 2 nitrogen and oxygen atoms in total. The van der Waals surface area contributed by atoms with Gasteiger partial charge in [0.15, 0.2) is 5.78 Å². The summed E-state index contributed by atoms with van der Waals surface area (Å²) < 4.78 is 0. The number of carbonyl (C=O) groups is 1. The van der Waals surface area contributed by atoms with Crippen LogP contribution in [0, 0.1) is 41.4 Å². The second kappa shape index (κ2) is 7.94. The Bertz CT molecular complexity index is 710. The number of ketones is 1. The number of hydrogen-bond acceptors (Lipinski definition) is 2. The predicted octanol–water partition coefficient (Wildman–Crippen LogP) is 5.87. The van der Waals surface area contributed by atoms with E-state index in [1.54, 1.807) is 0 Å². The van der Waals surface area contributed by atoms with Crippen LogP contribution in [0.4, 0.5) is 0 Å². The fourth-order valence-corrected chi connectivity index (χ4v) is 6.47. The summed E-state index contributed by atoms with van der Waals surface area (Å²) in [6, 6.07) is 0. The van der Waals surface area contributed by atoms with E-state index in [0.29, 0.717) is 41.4 Å². The lowest BCUT2D eigenvalue weighted by atomic mass is 9.61. The summed E-state index contributed by atoms with van der Waals surface area (Å²) in [4.78, 5) is 13.1. The van der Waals surface area contributed by atoms with Gasteiger partial charge in [-0.2, -0.15) is 0 Å². The summed E-state index contributed by atoms with van der Waals surface area (Å²) >= 11 is 0. The number of aliphatic hydroxyl groups is 1. The zero-order valence-corrected chi connectivity index (χ0v) is 18.2. The van der Waals surface area contributed by atoms with Gasteiger partial charge in [-0.1, -0.05) is 51.0 Å². The molecule has 154 valence electrons. The summed E-state index contributed by atoms with van der Waals surface area (Å²) in [5, 5.41) is 10.0. The van der Waals surface area contributed by atoms with Gasteiger partial charge >= 0.3 is 0 Å². The van der Waals surface area contributed by atoms with Gasteiger partial charge in [0, 0.05) is 5.57 Å². The van der Waals surface area contributed by atoms with E-state index in [-0.39, 0.29) is 11.9 Å². The van der Waals surface area contributed by atoms with Crippen LogP contribution in [0.25, 0.3) is 0 Å². The minimum Gasteiger partial charge on any atom is -0.393 e. The van der Waals surface area contributed by atoms with Gasteiger partial charge in [-0.3, -0.25) is 4.79 Å². The third-order valence-corrected chi connectivity index (χ3v) is 8.49. The highest BCUT2D eigenvalue weighted by molar-refractivity contribution is 6.06. The molecule has 0 aromatic rings. The smallest absolute Gasteiger partial charge is 0.182 e. The largest absolute Gasteiger partial charge is 0.393 e. The van der Waals surface area contributed by atoms with Crippen molar-refractivity contribution in [3.8, 4) is 0 Å². The van der Waals surface area contributed by atoms with E-state index in [0.717, 1.165) is 25.7 Å². The van der Waals surface area contributed by atoms with Gasteiger partial charge in [0.1, 0.15) is 0 Å². The van der Waals surface area contributed by atoms with Gasteiger partial charge in [-0.05, 0) is 92.4 Å². The molecule has 1 N–H and O–H groups in total. The van der Waals surface area contributed by atoms with Gasteiger partial charge in [-0.25, -0.2) is 0 Å². The first kappa shape index (κ1) is 20.1. The molecule has 2 heteroatoms. The minimum atomic E-state index is -0.238. The van der Waals surface area contributed by atoms with Crippen LogP contribution in [-0.2, 0) is 4.79 Å². The van der Waals surface area contributed by atoms with Gasteiger partial charge in [0.2, 0.25) is 0 Å². The molecule has 4 aliphatic carbocycles. The van der Waals surface area contributed by atoms with Crippen LogP contribution in [-0.4, -0.2) is 17.0 Å². The fourth-order valence-electron chi connectivity index (χ4n) is 6.47. The van der Waals surface area contributed by atoms with Crippen LogP contribution in [0.1, 0.15) is 72.6 Å². The Morgan fingerprint density at radius 1 is 0.964 bits per heavy atom. The highest BCUT2D eigenvalue weighted by Gasteiger charge is 2.46. The molecule has 0 amide bonds. The standard InChI is InChI=1S/C26H38O2/c1-15(2)16(3)5-6-17(4)20-9-11-24-22(20)10-12-23-21-8-7-19(27)13-18(21)14-25(28)26(23)24/h5-6,14-17,19-23,27H,7-13H2,1-4H3/b6-5+/t16-,17?,19?,20?,21?,22?,23?/m1/s1. The molecule has 28 heavy (non-hydrogen) atoms. The third-order valence-electron chi connectivity index (χ3n) is 8.49. The molecular weight excluding hydrogens is 344 g/mol. The third kappa shape index (κ3) is 3.58. The van der Waals surface area contributed by atoms with E-state index < -0.39 is 0 Å². The van der Waals surface area contributed by atoms with Crippen molar-refractivity contribution in [2.75, 3.05) is 0 Å². The van der Waals surface area contributed by atoms with Crippen LogP contribution in [0.2, 0.25) is 0 Å². The monoisotopic (exact) mass is 382 g/mol. The van der Waals surface area contributed by atoms with E-state index in [1.165, 1.54) is 36.0 Å². The van der Waals surface area contributed by atoms with Crippen molar-refractivity contribution in [1.82, 2.24) is 0 Å². The molecule has 0 bridgehead atoms. The topological polar surface area (TPSA) is 37.3 Å². The van der Waals surface area contributed by atoms with Crippen LogP contribution < -0.4 is 0 Å². The summed E-state index contributed by atoms with van der Waals surface area (Å²) in [6.07, 6.45) is 14.0. The van der Waals surface area contributed by atoms with Crippen molar-refractivity contribution in [1.29, 1.82) is 0 Å². The first-order valence-electron chi connectivity index (χ1n) is 11.7. The molecule has 0 saturated heterocycles.